The van der Waals surface area contributed by atoms with Crippen molar-refractivity contribution in [2.24, 2.45) is 5.41 Å². The molecular weight excluding hydrogens is 407 g/mol. The molecule has 0 radical (unpaired) electrons. The summed E-state index contributed by atoms with van der Waals surface area (Å²) in [5, 5.41) is 0.280. The van der Waals surface area contributed by atoms with Crippen LogP contribution in [0.25, 0.3) is 0 Å². The summed E-state index contributed by atoms with van der Waals surface area (Å²) in [5.41, 5.74) is 1.34. The van der Waals surface area contributed by atoms with Gasteiger partial charge in [-0.1, -0.05) is 24.6 Å². The third-order valence-electron chi connectivity index (χ3n) is 6.23. The predicted octanol–water partition coefficient (Wildman–Crippen LogP) is 5.65. The van der Waals surface area contributed by atoms with E-state index in [1.165, 1.54) is 12.1 Å². The molecule has 1 aliphatic carbocycles. The molecule has 0 amide bonds. The minimum absolute atomic E-state index is 0.0389. The maximum absolute atomic E-state index is 14.1. The molecule has 2 aliphatic rings. The Kier molecular flexibility index (Phi) is 5.94. The fourth-order valence-corrected chi connectivity index (χ4v) is 4.76. The summed E-state index contributed by atoms with van der Waals surface area (Å²) in [5.74, 6) is -1.02. The third kappa shape index (κ3) is 4.14. The summed E-state index contributed by atoms with van der Waals surface area (Å²) >= 11 is 5.80. The van der Waals surface area contributed by atoms with E-state index in [4.69, 9.17) is 21.1 Å². The fourth-order valence-electron chi connectivity index (χ4n) is 4.60. The van der Waals surface area contributed by atoms with Gasteiger partial charge in [0.05, 0.1) is 0 Å². The summed E-state index contributed by atoms with van der Waals surface area (Å²) in [6, 6.07) is 9.46. The SMILES string of the molecule is CCc1ccc(Oc2ccc(Cl)cc2F)cc1C1C(=O)CC2(CCOCC2)CC1=O. The van der Waals surface area contributed by atoms with Crippen LogP contribution in [0.3, 0.4) is 0 Å². The van der Waals surface area contributed by atoms with Crippen LogP contribution < -0.4 is 4.74 Å². The molecule has 1 spiro atoms. The molecule has 4 rings (SSSR count). The van der Waals surface area contributed by atoms with Crippen molar-refractivity contribution in [2.45, 2.75) is 44.9 Å². The first-order chi connectivity index (χ1) is 14.4. The van der Waals surface area contributed by atoms with E-state index in [1.807, 2.05) is 13.0 Å². The Balaban J connectivity index is 1.63. The lowest BCUT2D eigenvalue weighted by Crippen LogP contribution is -2.42. The van der Waals surface area contributed by atoms with Crippen LogP contribution in [0.4, 0.5) is 4.39 Å². The molecule has 0 unspecified atom stereocenters. The first-order valence-corrected chi connectivity index (χ1v) is 10.7. The topological polar surface area (TPSA) is 52.6 Å². The van der Waals surface area contributed by atoms with E-state index in [0.717, 1.165) is 18.4 Å². The number of hydrogen-bond acceptors (Lipinski definition) is 4. The van der Waals surface area contributed by atoms with Crippen LogP contribution in [-0.2, 0) is 20.7 Å². The molecule has 158 valence electrons. The average Bonchev–Trinajstić information content (AvgIpc) is 2.70. The average molecular weight is 431 g/mol. The normalized spacial score (nSPS) is 19.3. The number of aryl methyl sites for hydroxylation is 1. The number of halogens is 2. The minimum atomic E-state index is -0.785. The van der Waals surface area contributed by atoms with Gasteiger partial charge in [-0.3, -0.25) is 9.59 Å². The quantitative estimate of drug-likeness (QED) is 0.588. The Morgan fingerprint density at radius 1 is 1.10 bits per heavy atom. The molecule has 0 N–H and O–H groups in total. The van der Waals surface area contributed by atoms with E-state index >= 15 is 0 Å². The lowest BCUT2D eigenvalue weighted by Gasteiger charge is -2.41. The maximum atomic E-state index is 14.1. The Bertz CT molecular complexity index is 961. The van der Waals surface area contributed by atoms with E-state index < -0.39 is 11.7 Å². The molecular formula is C24H24ClFO4. The third-order valence-corrected chi connectivity index (χ3v) is 6.46. The van der Waals surface area contributed by atoms with Crippen LogP contribution in [0.5, 0.6) is 11.5 Å². The van der Waals surface area contributed by atoms with Gasteiger partial charge in [0.1, 0.15) is 23.2 Å². The van der Waals surface area contributed by atoms with Crippen LogP contribution >= 0.6 is 11.6 Å². The van der Waals surface area contributed by atoms with Gasteiger partial charge in [-0.15, -0.1) is 0 Å². The molecule has 2 fully saturated rings. The highest BCUT2D eigenvalue weighted by atomic mass is 35.5. The van der Waals surface area contributed by atoms with Gasteiger partial charge in [0.2, 0.25) is 0 Å². The standard InChI is InChI=1S/C24H24ClFO4/c1-2-15-3-5-17(30-22-6-4-16(25)11-19(22)26)12-18(15)23-20(27)13-24(14-21(23)28)7-9-29-10-8-24/h3-6,11-12,23H,2,7-10,13-14H2,1H3. The zero-order valence-corrected chi connectivity index (χ0v) is 17.6. The molecule has 0 aromatic heterocycles. The van der Waals surface area contributed by atoms with Crippen molar-refractivity contribution in [1.82, 2.24) is 0 Å². The minimum Gasteiger partial charge on any atom is -0.454 e. The van der Waals surface area contributed by atoms with Gasteiger partial charge in [-0.2, -0.15) is 0 Å². The smallest absolute Gasteiger partial charge is 0.167 e. The van der Waals surface area contributed by atoms with Gasteiger partial charge >= 0.3 is 0 Å². The number of Topliss-reactive ketones (excluding diaryl/α,β-unsaturated/α-hetero) is 2. The second-order valence-electron chi connectivity index (χ2n) is 8.22. The molecule has 0 atom stereocenters. The molecule has 2 aromatic carbocycles. The van der Waals surface area contributed by atoms with Gasteiger partial charge in [0, 0.05) is 31.1 Å². The van der Waals surface area contributed by atoms with Crippen molar-refractivity contribution in [3.8, 4) is 11.5 Å². The summed E-state index contributed by atoms with van der Waals surface area (Å²) in [7, 11) is 0. The number of benzene rings is 2. The number of carbonyl (C=O) groups excluding carboxylic acids is 2. The highest BCUT2D eigenvalue weighted by Gasteiger charge is 2.46. The van der Waals surface area contributed by atoms with E-state index in [9.17, 15) is 14.0 Å². The van der Waals surface area contributed by atoms with Crippen molar-refractivity contribution >= 4 is 23.2 Å². The molecule has 1 aliphatic heterocycles. The predicted molar refractivity (Wildman–Crippen MR) is 112 cm³/mol. The van der Waals surface area contributed by atoms with Gasteiger partial charge in [-0.25, -0.2) is 4.39 Å². The molecule has 4 nitrogen and oxygen atoms in total. The molecule has 1 saturated heterocycles. The summed E-state index contributed by atoms with van der Waals surface area (Å²) < 4.78 is 25.3. The van der Waals surface area contributed by atoms with E-state index in [0.29, 0.717) is 43.8 Å². The van der Waals surface area contributed by atoms with Crippen molar-refractivity contribution in [3.05, 3.63) is 58.4 Å². The first-order valence-electron chi connectivity index (χ1n) is 10.3. The number of rotatable bonds is 4. The maximum Gasteiger partial charge on any atom is 0.167 e. The first kappa shape index (κ1) is 21.0. The second kappa shape index (κ2) is 8.48. The second-order valence-corrected chi connectivity index (χ2v) is 8.66. The van der Waals surface area contributed by atoms with Gasteiger partial charge in [0.15, 0.2) is 11.6 Å². The number of hydrogen-bond donors (Lipinski definition) is 0. The fraction of sp³-hybridized carbons (Fsp3) is 0.417. The lowest BCUT2D eigenvalue weighted by atomic mass is 9.63. The zero-order valence-electron chi connectivity index (χ0n) is 16.9. The monoisotopic (exact) mass is 430 g/mol. The van der Waals surface area contributed by atoms with Crippen molar-refractivity contribution in [1.29, 1.82) is 0 Å². The van der Waals surface area contributed by atoms with Crippen molar-refractivity contribution in [2.75, 3.05) is 13.2 Å². The molecule has 1 saturated carbocycles. The van der Waals surface area contributed by atoms with Gasteiger partial charge < -0.3 is 9.47 Å². The molecule has 1 heterocycles. The summed E-state index contributed by atoms with van der Waals surface area (Å²) in [6.07, 6.45) is 2.97. The Morgan fingerprint density at radius 2 is 1.80 bits per heavy atom. The summed E-state index contributed by atoms with van der Waals surface area (Å²) in [4.78, 5) is 26.3. The lowest BCUT2D eigenvalue weighted by molar-refractivity contribution is -0.139. The molecule has 2 aromatic rings. The van der Waals surface area contributed by atoms with Crippen molar-refractivity contribution < 1.29 is 23.5 Å². The molecule has 6 heteroatoms. The van der Waals surface area contributed by atoms with E-state index in [1.54, 1.807) is 18.2 Å². The summed E-state index contributed by atoms with van der Waals surface area (Å²) in [6.45, 7) is 3.18. The molecule has 0 bridgehead atoms. The Morgan fingerprint density at radius 3 is 2.43 bits per heavy atom. The van der Waals surface area contributed by atoms with Crippen LogP contribution in [-0.4, -0.2) is 24.8 Å². The van der Waals surface area contributed by atoms with Gasteiger partial charge in [0.25, 0.3) is 0 Å². The number of ketones is 2. The number of carbonyl (C=O) groups is 2. The highest BCUT2D eigenvalue weighted by molar-refractivity contribution is 6.30. The zero-order chi connectivity index (χ0) is 21.3. The van der Waals surface area contributed by atoms with Crippen LogP contribution in [0.15, 0.2) is 36.4 Å². The Hall–Kier alpha value is -2.24. The van der Waals surface area contributed by atoms with E-state index in [-0.39, 0.29) is 27.8 Å². The van der Waals surface area contributed by atoms with Crippen LogP contribution in [0.1, 0.15) is 49.7 Å². The molecule has 30 heavy (non-hydrogen) atoms. The van der Waals surface area contributed by atoms with Crippen LogP contribution in [0, 0.1) is 11.2 Å². The highest BCUT2D eigenvalue weighted by Crippen LogP contribution is 2.46. The van der Waals surface area contributed by atoms with Crippen molar-refractivity contribution in [3.63, 3.8) is 0 Å². The number of ether oxygens (including phenoxy) is 2. The largest absolute Gasteiger partial charge is 0.454 e. The van der Waals surface area contributed by atoms with Crippen LogP contribution in [0.2, 0.25) is 5.02 Å². The van der Waals surface area contributed by atoms with E-state index in [2.05, 4.69) is 0 Å². The van der Waals surface area contributed by atoms with Gasteiger partial charge in [-0.05, 0) is 66.1 Å². The Labute approximate surface area is 180 Å².